The number of carboxylic acids is 1. The molecule has 226 valence electrons. The Morgan fingerprint density at radius 1 is 1.14 bits per heavy atom. The molecule has 1 aliphatic heterocycles. The Hall–Kier alpha value is -4.00. The van der Waals surface area contributed by atoms with Gasteiger partial charge in [-0.3, -0.25) is 9.88 Å². The first-order chi connectivity index (χ1) is 20.2. The third kappa shape index (κ3) is 9.26. The minimum absolute atomic E-state index is 0.177. The Balaban J connectivity index is 1.32. The fraction of sp³-hybridized carbons (Fsp3) is 0.483. The Kier molecular flexibility index (Phi) is 10.9. The topological polar surface area (TPSA) is 125 Å². The summed E-state index contributed by atoms with van der Waals surface area (Å²) in [6, 6.07) is 6.80. The third-order valence-corrected chi connectivity index (χ3v) is 7.05. The summed E-state index contributed by atoms with van der Waals surface area (Å²) < 4.78 is 44.4. The van der Waals surface area contributed by atoms with Crippen LogP contribution in [0.25, 0.3) is 0 Å². The summed E-state index contributed by atoms with van der Waals surface area (Å²) in [7, 11) is 0. The summed E-state index contributed by atoms with van der Waals surface area (Å²) in [6.45, 7) is 4.87. The van der Waals surface area contributed by atoms with E-state index in [4.69, 9.17) is 9.72 Å². The first kappa shape index (κ1) is 30.9. The van der Waals surface area contributed by atoms with Gasteiger partial charge in [-0.2, -0.15) is 13.2 Å². The van der Waals surface area contributed by atoms with Gasteiger partial charge in [-0.15, -0.1) is 0 Å². The third-order valence-electron chi connectivity index (χ3n) is 7.05. The summed E-state index contributed by atoms with van der Waals surface area (Å²) in [5.74, 6) is 0.346. The van der Waals surface area contributed by atoms with Crippen LogP contribution in [0.15, 0.2) is 42.9 Å². The van der Waals surface area contributed by atoms with Crippen molar-refractivity contribution in [3.63, 3.8) is 0 Å². The number of alkyl halides is 3. The van der Waals surface area contributed by atoms with Crippen molar-refractivity contribution in [2.24, 2.45) is 0 Å². The number of aryl methyl sites for hydroxylation is 3. The number of rotatable bonds is 15. The van der Waals surface area contributed by atoms with Crippen molar-refractivity contribution < 1.29 is 27.8 Å². The van der Waals surface area contributed by atoms with Crippen molar-refractivity contribution in [3.05, 3.63) is 65.4 Å². The Labute approximate surface area is 242 Å². The molecule has 0 spiro atoms. The van der Waals surface area contributed by atoms with Crippen molar-refractivity contribution >= 4 is 17.7 Å². The number of carbonyl (C=O) groups is 1. The molecule has 1 unspecified atom stereocenters. The lowest BCUT2D eigenvalue weighted by Crippen LogP contribution is -2.37. The van der Waals surface area contributed by atoms with Gasteiger partial charge in [0.15, 0.2) is 0 Å². The molecular weight excluding hydrogens is 551 g/mol. The molecule has 10 nitrogen and oxygen atoms in total. The van der Waals surface area contributed by atoms with Crippen LogP contribution in [0.1, 0.15) is 48.2 Å². The maximum absolute atomic E-state index is 12.8. The summed E-state index contributed by atoms with van der Waals surface area (Å²) in [5, 5.41) is 15.8. The van der Waals surface area contributed by atoms with E-state index >= 15 is 0 Å². The average molecular weight is 588 g/mol. The van der Waals surface area contributed by atoms with Crippen molar-refractivity contribution in [1.29, 1.82) is 0 Å². The number of nitrogens with zero attached hydrogens (tertiary/aromatic N) is 5. The molecule has 0 saturated carbocycles. The molecule has 0 aliphatic carbocycles. The van der Waals surface area contributed by atoms with Crippen molar-refractivity contribution in [3.8, 4) is 5.75 Å². The first-order valence-electron chi connectivity index (χ1n) is 14.1. The van der Waals surface area contributed by atoms with Gasteiger partial charge in [-0.05, 0) is 75.8 Å². The number of aromatic nitrogens is 4. The molecule has 1 atom stereocenters. The SMILES string of the molecule is Cc1ncccc1OCCN(CCCCc1ccc2c(n1)NCCC2)CCC(Nc1ncc(C(F)(F)F)cn1)C(=O)O. The molecule has 4 heterocycles. The number of hydrogen-bond acceptors (Lipinski definition) is 9. The normalized spacial score (nSPS) is 13.7. The van der Waals surface area contributed by atoms with Gasteiger partial charge in [0.2, 0.25) is 5.95 Å². The van der Waals surface area contributed by atoms with Crippen LogP contribution in [0.4, 0.5) is 24.9 Å². The van der Waals surface area contributed by atoms with Gasteiger partial charge < -0.3 is 20.5 Å². The number of unbranched alkanes of at least 4 members (excludes halogenated alkanes) is 1. The lowest BCUT2D eigenvalue weighted by Gasteiger charge is -2.24. The molecule has 0 radical (unpaired) electrons. The lowest BCUT2D eigenvalue weighted by molar-refractivity contribution is -0.139. The smallest absolute Gasteiger partial charge is 0.419 e. The largest absolute Gasteiger partial charge is 0.490 e. The minimum Gasteiger partial charge on any atom is -0.490 e. The molecule has 4 rings (SSSR count). The van der Waals surface area contributed by atoms with E-state index in [1.165, 1.54) is 5.56 Å². The second-order valence-electron chi connectivity index (χ2n) is 10.2. The lowest BCUT2D eigenvalue weighted by atomic mass is 10.1. The van der Waals surface area contributed by atoms with E-state index in [-0.39, 0.29) is 12.4 Å². The van der Waals surface area contributed by atoms with Crippen molar-refractivity contribution in [1.82, 2.24) is 24.8 Å². The molecule has 0 amide bonds. The highest BCUT2D eigenvalue weighted by atomic mass is 19.4. The number of halogens is 3. The monoisotopic (exact) mass is 587 g/mol. The number of ether oxygens (including phenoxy) is 1. The summed E-state index contributed by atoms with van der Waals surface area (Å²) in [5.41, 5.74) is 2.07. The van der Waals surface area contributed by atoms with Crippen LogP contribution >= 0.6 is 0 Å². The van der Waals surface area contributed by atoms with E-state index in [1.807, 2.05) is 13.0 Å². The van der Waals surface area contributed by atoms with Crippen molar-refractivity contribution in [2.75, 3.05) is 43.4 Å². The molecule has 0 fully saturated rings. The molecule has 1 aliphatic rings. The summed E-state index contributed by atoms with van der Waals surface area (Å²) in [6.07, 6.45) is 3.33. The average Bonchev–Trinajstić information content (AvgIpc) is 2.97. The second-order valence-corrected chi connectivity index (χ2v) is 10.2. The van der Waals surface area contributed by atoms with Crippen molar-refractivity contribution in [2.45, 2.75) is 57.7 Å². The van der Waals surface area contributed by atoms with E-state index in [9.17, 15) is 23.1 Å². The van der Waals surface area contributed by atoms with Gasteiger partial charge >= 0.3 is 12.1 Å². The van der Waals surface area contributed by atoms with E-state index in [0.29, 0.717) is 44.4 Å². The fourth-order valence-corrected chi connectivity index (χ4v) is 4.67. The Morgan fingerprint density at radius 3 is 2.69 bits per heavy atom. The molecule has 42 heavy (non-hydrogen) atoms. The zero-order valence-electron chi connectivity index (χ0n) is 23.5. The van der Waals surface area contributed by atoms with Gasteiger partial charge in [-0.1, -0.05) is 6.07 Å². The van der Waals surface area contributed by atoms with Crippen LogP contribution in [0.5, 0.6) is 5.75 Å². The maximum Gasteiger partial charge on any atom is 0.419 e. The summed E-state index contributed by atoms with van der Waals surface area (Å²) in [4.78, 5) is 30.3. The number of aliphatic carboxylic acids is 1. The zero-order valence-corrected chi connectivity index (χ0v) is 23.5. The Morgan fingerprint density at radius 2 is 1.95 bits per heavy atom. The highest BCUT2D eigenvalue weighted by molar-refractivity contribution is 5.76. The first-order valence-corrected chi connectivity index (χ1v) is 14.1. The van der Waals surface area contributed by atoms with Crippen LogP contribution in [-0.2, 0) is 23.8 Å². The van der Waals surface area contributed by atoms with Crippen LogP contribution < -0.4 is 15.4 Å². The van der Waals surface area contributed by atoms with Crippen LogP contribution in [0, 0.1) is 6.92 Å². The zero-order chi connectivity index (χ0) is 30.0. The van der Waals surface area contributed by atoms with Crippen LogP contribution in [0.2, 0.25) is 0 Å². The van der Waals surface area contributed by atoms with E-state index in [0.717, 1.165) is 55.9 Å². The fourth-order valence-electron chi connectivity index (χ4n) is 4.67. The Bertz CT molecular complexity index is 1310. The number of hydrogen-bond donors (Lipinski definition) is 3. The molecule has 0 aromatic carbocycles. The van der Waals surface area contributed by atoms with Crippen LogP contribution in [-0.4, -0.2) is 74.7 Å². The number of pyridine rings is 2. The number of nitrogens with one attached hydrogen (secondary N) is 2. The maximum atomic E-state index is 12.8. The standard InChI is InChI=1S/C29H36F3N7O3/c1-20-25(8-5-12-33-20)42-17-16-39(14-3-2-7-23-10-9-21-6-4-13-34-26(21)37-23)15-11-24(27(40)41)38-28-35-18-22(19-36-28)29(30,31)32/h5,8-10,12,18-19,24H,2-4,6-7,11,13-17H2,1H3,(H,34,37)(H,40,41)(H,35,36,38). The van der Waals surface area contributed by atoms with E-state index in [2.05, 4.69) is 42.6 Å². The quantitative estimate of drug-likeness (QED) is 0.217. The minimum atomic E-state index is -4.57. The highest BCUT2D eigenvalue weighted by Gasteiger charge is 2.31. The molecular formula is C29H36F3N7O3. The van der Waals surface area contributed by atoms with Gasteiger partial charge in [0, 0.05) is 43.9 Å². The molecule has 3 N–H and O–H groups in total. The molecule has 13 heteroatoms. The molecule has 0 bridgehead atoms. The number of anilines is 2. The highest BCUT2D eigenvalue weighted by Crippen LogP contribution is 2.28. The molecule has 3 aromatic rings. The van der Waals surface area contributed by atoms with Crippen LogP contribution in [0.3, 0.4) is 0 Å². The number of carboxylic acid groups (broad SMARTS) is 1. The molecule has 0 saturated heterocycles. The van der Waals surface area contributed by atoms with Gasteiger partial charge in [0.1, 0.15) is 24.2 Å². The van der Waals surface area contributed by atoms with Gasteiger partial charge in [0.25, 0.3) is 0 Å². The van der Waals surface area contributed by atoms with E-state index < -0.39 is 23.8 Å². The summed E-state index contributed by atoms with van der Waals surface area (Å²) >= 11 is 0. The number of fused-ring (bicyclic) bond motifs is 1. The second kappa shape index (κ2) is 14.8. The predicted molar refractivity (Wildman–Crippen MR) is 152 cm³/mol. The van der Waals surface area contributed by atoms with Gasteiger partial charge in [-0.25, -0.2) is 19.7 Å². The van der Waals surface area contributed by atoms with Gasteiger partial charge in [0.05, 0.1) is 11.3 Å². The van der Waals surface area contributed by atoms with E-state index in [1.54, 1.807) is 12.3 Å². The predicted octanol–water partition coefficient (Wildman–Crippen LogP) is 4.61. The molecule has 3 aromatic heterocycles.